The average Bonchev–Trinajstić information content (AvgIpc) is 1.97. The van der Waals surface area contributed by atoms with Crippen molar-refractivity contribution in [1.82, 2.24) is 0 Å². The summed E-state index contributed by atoms with van der Waals surface area (Å²) in [5.41, 5.74) is 0.586. The number of carbonyl (C=O) groups excluding carboxylic acids is 1. The van der Waals surface area contributed by atoms with Crippen molar-refractivity contribution in [2.45, 2.75) is 6.92 Å². The summed E-state index contributed by atoms with van der Waals surface area (Å²) in [6, 6.07) is 3.48. The fraction of sp³-hybridized carbons (Fsp3) is 0.125. The van der Waals surface area contributed by atoms with Gasteiger partial charge in [0.05, 0.1) is 5.02 Å². The zero-order valence-electron chi connectivity index (χ0n) is 6.20. The Hall–Kier alpha value is 0.140. The molecule has 1 aromatic rings. The quantitative estimate of drug-likeness (QED) is 0.564. The van der Waals surface area contributed by atoms with Crippen LogP contribution < -0.4 is 0 Å². The minimum absolute atomic E-state index is 0.0174. The highest BCUT2D eigenvalue weighted by atomic mass is 79.9. The van der Waals surface area contributed by atoms with Crippen LogP contribution in [0.5, 0.6) is 0 Å². The predicted molar refractivity (Wildman–Crippen MR) is 56.9 cm³/mol. The summed E-state index contributed by atoms with van der Waals surface area (Å²) in [6.45, 7) is 1.50. The second-order valence-electron chi connectivity index (χ2n) is 2.27. The molecule has 1 rings (SSSR count). The fourth-order valence-corrected chi connectivity index (χ4v) is 2.51. The van der Waals surface area contributed by atoms with E-state index in [1.54, 1.807) is 12.1 Å². The predicted octanol–water partition coefficient (Wildman–Crippen LogP) is 4.07. The number of halogens is 3. The van der Waals surface area contributed by atoms with Crippen molar-refractivity contribution in [3.8, 4) is 0 Å². The lowest BCUT2D eigenvalue weighted by Gasteiger charge is -2.04. The smallest absolute Gasteiger partial charge is 0.162 e. The first-order chi connectivity index (χ1) is 5.54. The first kappa shape index (κ1) is 10.2. The van der Waals surface area contributed by atoms with Gasteiger partial charge in [-0.2, -0.15) is 0 Å². The van der Waals surface area contributed by atoms with E-state index in [9.17, 15) is 4.79 Å². The van der Waals surface area contributed by atoms with E-state index in [4.69, 9.17) is 11.6 Å². The van der Waals surface area contributed by atoms with Crippen molar-refractivity contribution >= 4 is 49.2 Å². The molecule has 64 valence electrons. The molecule has 0 bridgehead atoms. The van der Waals surface area contributed by atoms with Crippen LogP contribution in [0.4, 0.5) is 0 Å². The molecule has 12 heavy (non-hydrogen) atoms. The largest absolute Gasteiger partial charge is 0.294 e. The summed E-state index contributed by atoms with van der Waals surface area (Å²) in [4.78, 5) is 11.1. The Morgan fingerprint density at radius 2 is 2.00 bits per heavy atom. The van der Waals surface area contributed by atoms with Gasteiger partial charge in [0, 0.05) is 14.5 Å². The van der Waals surface area contributed by atoms with Crippen LogP contribution in [0.25, 0.3) is 0 Å². The van der Waals surface area contributed by atoms with Gasteiger partial charge in [-0.05, 0) is 35.0 Å². The van der Waals surface area contributed by atoms with Crippen LogP contribution in [0.2, 0.25) is 5.02 Å². The fourth-order valence-electron chi connectivity index (χ4n) is 0.850. The maximum absolute atomic E-state index is 11.1. The third-order valence-electron chi connectivity index (χ3n) is 1.40. The Balaban J connectivity index is 3.43. The van der Waals surface area contributed by atoms with Crippen LogP contribution in [-0.2, 0) is 0 Å². The SMILES string of the molecule is CC(=O)c1c(Br)ccc(Cl)c1Br. The minimum Gasteiger partial charge on any atom is -0.294 e. The van der Waals surface area contributed by atoms with Gasteiger partial charge in [0.15, 0.2) is 5.78 Å². The van der Waals surface area contributed by atoms with E-state index in [0.717, 1.165) is 4.47 Å². The van der Waals surface area contributed by atoms with Crippen molar-refractivity contribution in [3.63, 3.8) is 0 Å². The van der Waals surface area contributed by atoms with Crippen LogP contribution in [0.1, 0.15) is 17.3 Å². The van der Waals surface area contributed by atoms with Gasteiger partial charge in [0.25, 0.3) is 0 Å². The van der Waals surface area contributed by atoms with Crippen LogP contribution in [0, 0.1) is 0 Å². The molecule has 1 aromatic carbocycles. The van der Waals surface area contributed by atoms with E-state index in [-0.39, 0.29) is 5.78 Å². The Kier molecular flexibility index (Phi) is 3.32. The van der Waals surface area contributed by atoms with E-state index >= 15 is 0 Å². The molecular weight excluding hydrogens is 307 g/mol. The number of Topliss-reactive ketones (excluding diaryl/α,β-unsaturated/α-hetero) is 1. The molecular formula is C8H5Br2ClO. The lowest BCUT2D eigenvalue weighted by molar-refractivity contribution is 0.101. The number of hydrogen-bond donors (Lipinski definition) is 0. The van der Waals surface area contributed by atoms with Gasteiger partial charge in [-0.3, -0.25) is 4.79 Å². The van der Waals surface area contributed by atoms with E-state index in [0.29, 0.717) is 15.1 Å². The van der Waals surface area contributed by atoms with E-state index in [2.05, 4.69) is 31.9 Å². The Morgan fingerprint density at radius 3 is 2.42 bits per heavy atom. The molecule has 0 aliphatic rings. The molecule has 0 saturated heterocycles. The van der Waals surface area contributed by atoms with Gasteiger partial charge in [-0.1, -0.05) is 27.5 Å². The molecule has 0 N–H and O–H groups in total. The zero-order valence-corrected chi connectivity index (χ0v) is 10.1. The minimum atomic E-state index is -0.0174. The van der Waals surface area contributed by atoms with Crippen molar-refractivity contribution < 1.29 is 4.79 Å². The lowest BCUT2D eigenvalue weighted by atomic mass is 10.1. The average molecular weight is 312 g/mol. The lowest BCUT2D eigenvalue weighted by Crippen LogP contribution is -1.95. The van der Waals surface area contributed by atoms with Gasteiger partial charge >= 0.3 is 0 Å². The van der Waals surface area contributed by atoms with Crippen LogP contribution in [0.3, 0.4) is 0 Å². The maximum Gasteiger partial charge on any atom is 0.162 e. The first-order valence-electron chi connectivity index (χ1n) is 3.18. The molecule has 0 heterocycles. The molecule has 0 aliphatic heterocycles. The summed E-state index contributed by atoms with van der Waals surface area (Å²) in [7, 11) is 0. The second kappa shape index (κ2) is 3.90. The summed E-state index contributed by atoms with van der Waals surface area (Å²) in [6.07, 6.45) is 0. The number of rotatable bonds is 1. The topological polar surface area (TPSA) is 17.1 Å². The molecule has 0 fully saturated rings. The van der Waals surface area contributed by atoms with Gasteiger partial charge in [-0.25, -0.2) is 0 Å². The molecule has 0 aliphatic carbocycles. The van der Waals surface area contributed by atoms with Crippen molar-refractivity contribution in [1.29, 1.82) is 0 Å². The highest BCUT2D eigenvalue weighted by molar-refractivity contribution is 9.11. The molecule has 0 aromatic heterocycles. The first-order valence-corrected chi connectivity index (χ1v) is 5.15. The normalized spacial score (nSPS) is 10.0. The molecule has 0 atom stereocenters. The van der Waals surface area contributed by atoms with Crippen molar-refractivity contribution in [3.05, 3.63) is 31.7 Å². The zero-order chi connectivity index (χ0) is 9.30. The van der Waals surface area contributed by atoms with Crippen LogP contribution in [0.15, 0.2) is 21.1 Å². The molecule has 1 nitrogen and oxygen atoms in total. The molecule has 0 radical (unpaired) electrons. The maximum atomic E-state index is 11.1. The van der Waals surface area contributed by atoms with Gasteiger partial charge in [0.1, 0.15) is 0 Å². The monoisotopic (exact) mass is 310 g/mol. The van der Waals surface area contributed by atoms with Gasteiger partial charge in [-0.15, -0.1) is 0 Å². The van der Waals surface area contributed by atoms with Crippen molar-refractivity contribution in [2.75, 3.05) is 0 Å². The third-order valence-corrected chi connectivity index (χ3v) is 3.42. The molecule has 4 heteroatoms. The molecule has 0 spiro atoms. The summed E-state index contributed by atoms with van der Waals surface area (Å²) >= 11 is 12.3. The highest BCUT2D eigenvalue weighted by Gasteiger charge is 2.11. The summed E-state index contributed by atoms with van der Waals surface area (Å²) in [5.74, 6) is -0.0174. The summed E-state index contributed by atoms with van der Waals surface area (Å²) < 4.78 is 1.40. The Bertz CT molecular complexity index is 336. The van der Waals surface area contributed by atoms with Crippen molar-refractivity contribution in [2.24, 2.45) is 0 Å². The number of benzene rings is 1. The summed E-state index contributed by atoms with van der Waals surface area (Å²) in [5, 5.41) is 0.545. The van der Waals surface area contributed by atoms with E-state index in [1.807, 2.05) is 0 Å². The Morgan fingerprint density at radius 1 is 1.42 bits per heavy atom. The van der Waals surface area contributed by atoms with Crippen LogP contribution in [-0.4, -0.2) is 5.78 Å². The van der Waals surface area contributed by atoms with Gasteiger partial charge in [0.2, 0.25) is 0 Å². The standard InChI is InChI=1S/C8H5Br2ClO/c1-4(12)7-5(9)2-3-6(11)8(7)10/h2-3H,1H3. The molecule has 0 amide bonds. The van der Waals surface area contributed by atoms with E-state index in [1.165, 1.54) is 6.92 Å². The number of carbonyl (C=O) groups is 1. The number of ketones is 1. The van der Waals surface area contributed by atoms with Crippen LogP contribution >= 0.6 is 43.5 Å². The number of hydrogen-bond acceptors (Lipinski definition) is 1. The van der Waals surface area contributed by atoms with E-state index < -0.39 is 0 Å². The Labute approximate surface area is 92.4 Å². The highest BCUT2D eigenvalue weighted by Crippen LogP contribution is 2.31. The molecule has 0 saturated carbocycles. The second-order valence-corrected chi connectivity index (χ2v) is 4.33. The third kappa shape index (κ3) is 1.90. The van der Waals surface area contributed by atoms with Gasteiger partial charge < -0.3 is 0 Å². The molecule has 0 unspecified atom stereocenters.